The highest BCUT2D eigenvalue weighted by molar-refractivity contribution is 6.70. The Hall–Kier alpha value is -1.29. The molecule has 4 heteroatoms. The summed E-state index contributed by atoms with van der Waals surface area (Å²) in [7, 11) is -1.54. The molecule has 0 aliphatic carbocycles. The van der Waals surface area contributed by atoms with Crippen LogP contribution in [0.4, 0.5) is 5.69 Å². The van der Waals surface area contributed by atoms with Gasteiger partial charge in [0.15, 0.2) is 0 Å². The molecule has 0 saturated heterocycles. The molecule has 3 nitrogen and oxygen atoms in total. The van der Waals surface area contributed by atoms with Crippen molar-refractivity contribution < 1.29 is 9.22 Å². The number of hydrogen-bond acceptors (Lipinski definition) is 2. The minimum absolute atomic E-state index is 0.0267. The van der Waals surface area contributed by atoms with E-state index >= 15 is 0 Å². The van der Waals surface area contributed by atoms with E-state index in [4.69, 9.17) is 4.43 Å². The van der Waals surface area contributed by atoms with E-state index in [0.29, 0.717) is 6.42 Å². The van der Waals surface area contributed by atoms with E-state index in [1.54, 1.807) is 0 Å². The van der Waals surface area contributed by atoms with Gasteiger partial charge in [0.25, 0.3) is 0 Å². The average Bonchev–Trinajstić information content (AvgIpc) is 2.18. The largest absolute Gasteiger partial charge is 0.544 e. The van der Waals surface area contributed by atoms with Crippen LogP contribution in [0.1, 0.15) is 13.3 Å². The van der Waals surface area contributed by atoms with Gasteiger partial charge in [-0.25, -0.2) is 0 Å². The van der Waals surface area contributed by atoms with E-state index in [2.05, 4.69) is 25.0 Å². The first kappa shape index (κ1) is 12.8. The lowest BCUT2D eigenvalue weighted by Gasteiger charge is -2.19. The van der Waals surface area contributed by atoms with Crippen molar-refractivity contribution in [3.63, 3.8) is 0 Å². The summed E-state index contributed by atoms with van der Waals surface area (Å²) in [6, 6.07) is 7.51. The van der Waals surface area contributed by atoms with Crippen LogP contribution >= 0.6 is 0 Å². The fourth-order valence-corrected chi connectivity index (χ4v) is 2.05. The summed E-state index contributed by atoms with van der Waals surface area (Å²) in [6.45, 7) is 8.25. The third-order valence-electron chi connectivity index (χ3n) is 1.88. The Kier molecular flexibility index (Phi) is 4.12. The Morgan fingerprint density at radius 3 is 2.25 bits per heavy atom. The lowest BCUT2D eigenvalue weighted by Crippen LogP contribution is -2.29. The molecule has 0 aliphatic rings. The molecular weight excluding hydrogens is 218 g/mol. The number of benzene rings is 1. The Balaban J connectivity index is 2.64. The Morgan fingerprint density at radius 2 is 1.81 bits per heavy atom. The summed E-state index contributed by atoms with van der Waals surface area (Å²) >= 11 is 0. The molecule has 0 fully saturated rings. The molecule has 0 radical (unpaired) electrons. The third-order valence-corrected chi connectivity index (χ3v) is 2.73. The summed E-state index contributed by atoms with van der Waals surface area (Å²) < 4.78 is 5.81. The maximum Gasteiger partial charge on any atom is 0.242 e. The summed E-state index contributed by atoms with van der Waals surface area (Å²) in [5, 5.41) is 2.80. The number of carbonyl (C=O) groups is 1. The van der Waals surface area contributed by atoms with Crippen LogP contribution in [-0.2, 0) is 4.79 Å². The van der Waals surface area contributed by atoms with E-state index < -0.39 is 8.32 Å². The van der Waals surface area contributed by atoms with E-state index in [9.17, 15) is 4.79 Å². The highest BCUT2D eigenvalue weighted by Gasteiger charge is 2.15. The first-order valence-corrected chi connectivity index (χ1v) is 8.90. The normalized spacial score (nSPS) is 11.0. The van der Waals surface area contributed by atoms with E-state index in [-0.39, 0.29) is 5.91 Å². The summed E-state index contributed by atoms with van der Waals surface area (Å²) in [6.07, 6.45) is 0.493. The van der Waals surface area contributed by atoms with Crippen LogP contribution < -0.4 is 9.74 Å². The molecule has 16 heavy (non-hydrogen) atoms. The molecule has 0 atom stereocenters. The fraction of sp³-hybridized carbons (Fsp3) is 0.417. The molecule has 0 saturated carbocycles. The number of carbonyl (C=O) groups excluding carboxylic acids is 1. The van der Waals surface area contributed by atoms with Crippen LogP contribution in [0.25, 0.3) is 0 Å². The zero-order valence-corrected chi connectivity index (χ0v) is 11.3. The number of nitrogens with one attached hydrogen (secondary N) is 1. The second-order valence-corrected chi connectivity index (χ2v) is 9.07. The molecule has 0 bridgehead atoms. The van der Waals surface area contributed by atoms with Crippen molar-refractivity contribution in [3.05, 3.63) is 24.3 Å². The zero-order valence-electron chi connectivity index (χ0n) is 10.3. The van der Waals surface area contributed by atoms with E-state index in [0.717, 1.165) is 11.4 Å². The van der Waals surface area contributed by atoms with Crippen LogP contribution in [0.3, 0.4) is 0 Å². The number of amides is 1. The third kappa shape index (κ3) is 4.48. The maximum absolute atomic E-state index is 11.2. The van der Waals surface area contributed by atoms with Crippen LogP contribution in [0.5, 0.6) is 5.75 Å². The van der Waals surface area contributed by atoms with Crippen LogP contribution in [0.15, 0.2) is 24.3 Å². The Morgan fingerprint density at radius 1 is 1.25 bits per heavy atom. The predicted octanol–water partition coefficient (Wildman–Crippen LogP) is 3.25. The van der Waals surface area contributed by atoms with Gasteiger partial charge in [0.05, 0.1) is 0 Å². The van der Waals surface area contributed by atoms with Crippen molar-refractivity contribution in [1.29, 1.82) is 0 Å². The molecule has 0 unspecified atom stereocenters. The highest BCUT2D eigenvalue weighted by atomic mass is 28.4. The van der Waals surface area contributed by atoms with Crippen molar-refractivity contribution in [2.45, 2.75) is 33.0 Å². The van der Waals surface area contributed by atoms with Crippen molar-refractivity contribution >= 4 is 19.9 Å². The summed E-state index contributed by atoms with van der Waals surface area (Å²) in [5.41, 5.74) is 0.815. The Bertz CT molecular complexity index is 354. The molecule has 0 aliphatic heterocycles. The van der Waals surface area contributed by atoms with E-state index in [1.165, 1.54) is 0 Å². The molecule has 1 N–H and O–H groups in total. The van der Waals surface area contributed by atoms with Gasteiger partial charge in [-0.3, -0.25) is 4.79 Å². The minimum atomic E-state index is -1.54. The van der Waals surface area contributed by atoms with Gasteiger partial charge >= 0.3 is 0 Å². The highest BCUT2D eigenvalue weighted by Crippen LogP contribution is 2.19. The second kappa shape index (κ2) is 5.16. The van der Waals surface area contributed by atoms with Crippen molar-refractivity contribution in [2.24, 2.45) is 0 Å². The van der Waals surface area contributed by atoms with Gasteiger partial charge in [0, 0.05) is 12.1 Å². The number of hydrogen-bond donors (Lipinski definition) is 1. The standard InChI is InChI=1S/C12H19NO2Si/c1-5-12(14)13-10-6-8-11(9-7-10)15-16(2,3)4/h6-9H,5H2,1-4H3,(H,13,14). The Labute approximate surface area is 98.0 Å². The van der Waals surface area contributed by atoms with Crippen molar-refractivity contribution in [2.75, 3.05) is 5.32 Å². The van der Waals surface area contributed by atoms with Crippen molar-refractivity contribution in [3.8, 4) is 5.75 Å². The topological polar surface area (TPSA) is 38.3 Å². The minimum Gasteiger partial charge on any atom is -0.544 e. The SMILES string of the molecule is CCC(=O)Nc1ccc(O[Si](C)(C)C)cc1. The molecule has 1 rings (SSSR count). The van der Waals surface area contributed by atoms with Gasteiger partial charge in [-0.05, 0) is 43.9 Å². The quantitative estimate of drug-likeness (QED) is 0.816. The lowest BCUT2D eigenvalue weighted by atomic mass is 10.3. The molecule has 0 heterocycles. The molecule has 1 aromatic carbocycles. The molecule has 1 amide bonds. The molecule has 1 aromatic rings. The van der Waals surface area contributed by atoms with Gasteiger partial charge in [-0.2, -0.15) is 0 Å². The van der Waals surface area contributed by atoms with Gasteiger partial charge in [-0.15, -0.1) is 0 Å². The van der Waals surface area contributed by atoms with Crippen LogP contribution in [0.2, 0.25) is 19.6 Å². The number of rotatable bonds is 4. The van der Waals surface area contributed by atoms with E-state index in [1.807, 2.05) is 31.2 Å². The maximum atomic E-state index is 11.2. The first-order chi connectivity index (χ1) is 7.40. The summed E-state index contributed by atoms with van der Waals surface area (Å²) in [4.78, 5) is 11.2. The van der Waals surface area contributed by atoms with Crippen molar-refractivity contribution in [1.82, 2.24) is 0 Å². The zero-order chi connectivity index (χ0) is 12.2. The smallest absolute Gasteiger partial charge is 0.242 e. The first-order valence-electron chi connectivity index (χ1n) is 5.49. The second-order valence-electron chi connectivity index (χ2n) is 4.64. The van der Waals surface area contributed by atoms with Gasteiger partial charge in [0.2, 0.25) is 14.2 Å². The van der Waals surface area contributed by atoms with Gasteiger partial charge < -0.3 is 9.74 Å². The number of anilines is 1. The lowest BCUT2D eigenvalue weighted by molar-refractivity contribution is -0.115. The van der Waals surface area contributed by atoms with Crippen LogP contribution in [-0.4, -0.2) is 14.2 Å². The molecule has 88 valence electrons. The predicted molar refractivity (Wildman–Crippen MR) is 69.3 cm³/mol. The molecule has 0 aromatic heterocycles. The molecular formula is C12H19NO2Si. The van der Waals surface area contributed by atoms with Gasteiger partial charge in [-0.1, -0.05) is 6.92 Å². The summed E-state index contributed by atoms with van der Waals surface area (Å²) in [5.74, 6) is 0.896. The average molecular weight is 237 g/mol. The van der Waals surface area contributed by atoms with Crippen LogP contribution in [0, 0.1) is 0 Å². The monoisotopic (exact) mass is 237 g/mol. The fourth-order valence-electron chi connectivity index (χ4n) is 1.21. The van der Waals surface area contributed by atoms with Gasteiger partial charge in [0.1, 0.15) is 5.75 Å². The molecule has 0 spiro atoms.